The number of benzene rings is 2. The van der Waals surface area contributed by atoms with E-state index >= 15 is 0 Å². The van der Waals surface area contributed by atoms with Crippen LogP contribution in [0, 0.1) is 6.92 Å². The average molecular weight is 353 g/mol. The number of nitrogens with one attached hydrogen (secondary N) is 1. The van der Waals surface area contributed by atoms with Crippen molar-refractivity contribution in [2.45, 2.75) is 38.1 Å². The minimum Gasteiger partial charge on any atom is -0.491 e. The molecule has 1 aliphatic rings. The molecule has 3 rings (SSSR count). The molecular formula is C22H27NO3. The number of carbonyl (C=O) groups excluding carboxylic acids is 1. The second-order valence-corrected chi connectivity index (χ2v) is 7.06. The van der Waals surface area contributed by atoms with E-state index in [4.69, 9.17) is 9.47 Å². The van der Waals surface area contributed by atoms with Gasteiger partial charge in [0.1, 0.15) is 12.4 Å². The van der Waals surface area contributed by atoms with Crippen LogP contribution in [0.5, 0.6) is 5.75 Å². The summed E-state index contributed by atoms with van der Waals surface area (Å²) in [5.41, 5.74) is 1.74. The molecule has 0 aromatic heterocycles. The number of hydrogen-bond acceptors (Lipinski definition) is 3. The molecule has 138 valence electrons. The number of aryl methyl sites for hydroxylation is 1. The van der Waals surface area contributed by atoms with Crippen LogP contribution in [0.1, 0.15) is 30.9 Å². The highest BCUT2D eigenvalue weighted by atomic mass is 16.5. The SMILES string of the molecule is Cc1ccc(OCC(C)NC(=O)C2(c3ccccc3)CCOCC2)cc1. The highest BCUT2D eigenvalue weighted by molar-refractivity contribution is 5.88. The summed E-state index contributed by atoms with van der Waals surface area (Å²) in [6.45, 7) is 5.68. The van der Waals surface area contributed by atoms with E-state index in [9.17, 15) is 4.79 Å². The Bertz CT molecular complexity index is 706. The third-order valence-corrected chi connectivity index (χ3v) is 5.01. The van der Waals surface area contributed by atoms with Crippen LogP contribution in [-0.4, -0.2) is 31.8 Å². The van der Waals surface area contributed by atoms with Crippen molar-refractivity contribution in [2.24, 2.45) is 0 Å². The Kier molecular flexibility index (Phi) is 5.94. The standard InChI is InChI=1S/C22H27NO3/c1-17-8-10-20(11-9-17)26-16-18(2)23-21(24)22(12-14-25-15-13-22)19-6-4-3-5-7-19/h3-11,18H,12-16H2,1-2H3,(H,23,24). The summed E-state index contributed by atoms with van der Waals surface area (Å²) in [5.74, 6) is 0.882. The fourth-order valence-corrected chi connectivity index (χ4v) is 3.38. The van der Waals surface area contributed by atoms with Crippen molar-refractivity contribution in [3.63, 3.8) is 0 Å². The van der Waals surface area contributed by atoms with Gasteiger partial charge in [-0.3, -0.25) is 4.79 Å². The predicted octanol–water partition coefficient (Wildman–Crippen LogP) is 3.63. The quantitative estimate of drug-likeness (QED) is 0.863. The van der Waals surface area contributed by atoms with E-state index < -0.39 is 5.41 Å². The summed E-state index contributed by atoms with van der Waals surface area (Å²) in [6, 6.07) is 17.9. The maximum Gasteiger partial charge on any atom is 0.231 e. The number of ether oxygens (including phenoxy) is 2. The third-order valence-electron chi connectivity index (χ3n) is 5.01. The molecule has 0 radical (unpaired) electrons. The fourth-order valence-electron chi connectivity index (χ4n) is 3.38. The summed E-state index contributed by atoms with van der Waals surface area (Å²) >= 11 is 0. The number of carbonyl (C=O) groups is 1. The summed E-state index contributed by atoms with van der Waals surface area (Å²) in [6.07, 6.45) is 1.41. The van der Waals surface area contributed by atoms with Crippen LogP contribution < -0.4 is 10.1 Å². The molecule has 0 saturated carbocycles. The molecule has 2 aromatic carbocycles. The van der Waals surface area contributed by atoms with E-state index in [1.54, 1.807) is 0 Å². The van der Waals surface area contributed by atoms with Crippen molar-refractivity contribution >= 4 is 5.91 Å². The summed E-state index contributed by atoms with van der Waals surface area (Å²) < 4.78 is 11.3. The Hall–Kier alpha value is -2.33. The van der Waals surface area contributed by atoms with Gasteiger partial charge < -0.3 is 14.8 Å². The van der Waals surface area contributed by atoms with Crippen molar-refractivity contribution in [3.05, 3.63) is 65.7 Å². The monoisotopic (exact) mass is 353 g/mol. The van der Waals surface area contributed by atoms with Crippen molar-refractivity contribution in [1.29, 1.82) is 0 Å². The molecule has 1 unspecified atom stereocenters. The van der Waals surface area contributed by atoms with Gasteiger partial charge in [0.05, 0.1) is 11.5 Å². The topological polar surface area (TPSA) is 47.6 Å². The van der Waals surface area contributed by atoms with Crippen LogP contribution in [-0.2, 0) is 14.9 Å². The molecule has 4 heteroatoms. The molecule has 1 N–H and O–H groups in total. The molecule has 4 nitrogen and oxygen atoms in total. The molecule has 0 aliphatic carbocycles. The van der Waals surface area contributed by atoms with Crippen LogP contribution in [0.4, 0.5) is 0 Å². The lowest BCUT2D eigenvalue weighted by atomic mass is 9.73. The highest BCUT2D eigenvalue weighted by Gasteiger charge is 2.41. The van der Waals surface area contributed by atoms with Crippen LogP contribution in [0.3, 0.4) is 0 Å². The number of amides is 1. The normalized spacial score (nSPS) is 17.3. The zero-order valence-electron chi connectivity index (χ0n) is 15.5. The first-order valence-electron chi connectivity index (χ1n) is 9.24. The molecule has 1 saturated heterocycles. The number of rotatable bonds is 6. The minimum absolute atomic E-state index is 0.0620. The van der Waals surface area contributed by atoms with Gasteiger partial charge >= 0.3 is 0 Å². The lowest BCUT2D eigenvalue weighted by molar-refractivity contribution is -0.131. The first kappa shape index (κ1) is 18.5. The lowest BCUT2D eigenvalue weighted by Crippen LogP contribution is -2.51. The first-order valence-corrected chi connectivity index (χ1v) is 9.24. The summed E-state index contributed by atoms with van der Waals surface area (Å²) in [4.78, 5) is 13.2. The van der Waals surface area contributed by atoms with Gasteiger partial charge in [0, 0.05) is 13.2 Å². The smallest absolute Gasteiger partial charge is 0.231 e. The van der Waals surface area contributed by atoms with Crippen molar-refractivity contribution in [1.82, 2.24) is 5.32 Å². The van der Waals surface area contributed by atoms with E-state index in [0.29, 0.717) is 32.7 Å². The van der Waals surface area contributed by atoms with Crippen LogP contribution in [0.15, 0.2) is 54.6 Å². The second kappa shape index (κ2) is 8.37. The molecule has 0 bridgehead atoms. The predicted molar refractivity (Wildman–Crippen MR) is 102 cm³/mol. The van der Waals surface area contributed by atoms with E-state index in [1.165, 1.54) is 5.56 Å². The molecule has 26 heavy (non-hydrogen) atoms. The molecular weight excluding hydrogens is 326 g/mol. The number of hydrogen-bond donors (Lipinski definition) is 1. The molecule has 1 atom stereocenters. The zero-order chi connectivity index (χ0) is 18.4. The van der Waals surface area contributed by atoms with Crippen LogP contribution in [0.25, 0.3) is 0 Å². The average Bonchev–Trinajstić information content (AvgIpc) is 2.68. The molecule has 0 spiro atoms. The van der Waals surface area contributed by atoms with Gasteiger partial charge in [-0.2, -0.15) is 0 Å². The molecule has 1 aliphatic heterocycles. The van der Waals surface area contributed by atoms with E-state index in [1.807, 2.05) is 68.4 Å². The summed E-state index contributed by atoms with van der Waals surface area (Å²) in [7, 11) is 0. The Balaban J connectivity index is 1.64. The molecule has 1 fully saturated rings. The maximum atomic E-state index is 13.2. The molecule has 1 amide bonds. The maximum absolute atomic E-state index is 13.2. The van der Waals surface area contributed by atoms with Gasteiger partial charge in [0.2, 0.25) is 5.91 Å². The Labute approximate surface area is 155 Å². The van der Waals surface area contributed by atoms with Gasteiger partial charge in [-0.1, -0.05) is 48.0 Å². The van der Waals surface area contributed by atoms with Gasteiger partial charge in [0.15, 0.2) is 0 Å². The lowest BCUT2D eigenvalue weighted by Gasteiger charge is -2.37. The van der Waals surface area contributed by atoms with Gasteiger partial charge in [0.25, 0.3) is 0 Å². The molecule has 2 aromatic rings. The van der Waals surface area contributed by atoms with Gasteiger partial charge in [-0.15, -0.1) is 0 Å². The van der Waals surface area contributed by atoms with Crippen molar-refractivity contribution in [2.75, 3.05) is 19.8 Å². The molecule has 1 heterocycles. The zero-order valence-corrected chi connectivity index (χ0v) is 15.5. The largest absolute Gasteiger partial charge is 0.491 e. The highest BCUT2D eigenvalue weighted by Crippen LogP contribution is 2.35. The fraction of sp³-hybridized carbons (Fsp3) is 0.409. The second-order valence-electron chi connectivity index (χ2n) is 7.06. The summed E-state index contributed by atoms with van der Waals surface area (Å²) in [5, 5.41) is 3.15. The third kappa shape index (κ3) is 4.25. The van der Waals surface area contributed by atoms with Crippen LogP contribution in [0.2, 0.25) is 0 Å². The van der Waals surface area contributed by atoms with Crippen molar-refractivity contribution in [3.8, 4) is 5.75 Å². The van der Waals surface area contributed by atoms with Crippen molar-refractivity contribution < 1.29 is 14.3 Å². The van der Waals surface area contributed by atoms with E-state index in [-0.39, 0.29) is 11.9 Å². The van der Waals surface area contributed by atoms with Crippen LogP contribution >= 0.6 is 0 Å². The Morgan fingerprint density at radius 1 is 1.12 bits per heavy atom. The first-order chi connectivity index (χ1) is 12.6. The minimum atomic E-state index is -0.516. The van der Waals surface area contributed by atoms with E-state index in [0.717, 1.165) is 11.3 Å². The van der Waals surface area contributed by atoms with E-state index in [2.05, 4.69) is 5.32 Å². The van der Waals surface area contributed by atoms with Gasteiger partial charge in [-0.05, 0) is 44.4 Å². The Morgan fingerprint density at radius 2 is 1.77 bits per heavy atom. The Morgan fingerprint density at radius 3 is 2.42 bits per heavy atom. The van der Waals surface area contributed by atoms with Gasteiger partial charge in [-0.25, -0.2) is 0 Å².